The van der Waals surface area contributed by atoms with Crippen LogP contribution in [0.2, 0.25) is 0 Å². The van der Waals surface area contributed by atoms with Gasteiger partial charge in [-0.05, 0) is 37.7 Å². The monoisotopic (exact) mass is 347 g/mol. The average molecular weight is 347 g/mol. The number of benzene rings is 1. The van der Waals surface area contributed by atoms with Gasteiger partial charge in [0, 0.05) is 18.3 Å². The normalized spacial score (nSPS) is 14.2. The van der Waals surface area contributed by atoms with Crippen molar-refractivity contribution in [1.29, 1.82) is 0 Å². The van der Waals surface area contributed by atoms with E-state index in [9.17, 15) is 9.90 Å². The number of H-pyrrole nitrogens is 1. The van der Waals surface area contributed by atoms with E-state index in [0.29, 0.717) is 17.2 Å². The van der Waals surface area contributed by atoms with Crippen LogP contribution in [-0.4, -0.2) is 27.7 Å². The molecule has 0 unspecified atom stereocenters. The third kappa shape index (κ3) is 2.92. The zero-order chi connectivity index (χ0) is 17.3. The summed E-state index contributed by atoms with van der Waals surface area (Å²) in [6.07, 6.45) is 2.08. The molecule has 1 atom stereocenters. The number of fused-ring (bicyclic) bond motifs is 1. The summed E-state index contributed by atoms with van der Waals surface area (Å²) >= 11 is 5.13. The summed E-state index contributed by atoms with van der Waals surface area (Å²) in [5, 5.41) is 10.4. The number of aromatic hydroxyl groups is 1. The van der Waals surface area contributed by atoms with Gasteiger partial charge in [-0.2, -0.15) is 0 Å². The molecule has 126 valence electrons. The molecule has 0 saturated heterocycles. The molecular weight excluding hydrogens is 330 g/mol. The summed E-state index contributed by atoms with van der Waals surface area (Å²) in [6.45, 7) is 4.06. The van der Waals surface area contributed by atoms with Crippen LogP contribution in [0.15, 0.2) is 28.0 Å². The Labute approximate surface area is 143 Å². The molecule has 1 aromatic carbocycles. The number of nitrogens with zero attached hydrogens (tertiary/aromatic N) is 2. The van der Waals surface area contributed by atoms with Crippen LogP contribution in [-0.2, 0) is 0 Å². The molecule has 2 N–H and O–H groups in total. The van der Waals surface area contributed by atoms with E-state index in [1.807, 2.05) is 13.8 Å². The number of rotatable bonds is 4. The number of aromatic nitrogens is 2. The quantitative estimate of drug-likeness (QED) is 0.655. The number of hydrogen-bond donors (Lipinski definition) is 2. The fraction of sp³-hybridized carbons (Fsp3) is 0.312. The molecule has 0 fully saturated rings. The Bertz CT molecular complexity index is 917. The molecule has 2 heterocycles. The summed E-state index contributed by atoms with van der Waals surface area (Å²) < 4.78 is 12.2. The molecule has 0 spiro atoms. The van der Waals surface area contributed by atoms with E-state index in [4.69, 9.17) is 21.7 Å². The van der Waals surface area contributed by atoms with Crippen LogP contribution >= 0.6 is 12.2 Å². The van der Waals surface area contributed by atoms with Gasteiger partial charge in [-0.3, -0.25) is 19.3 Å². The van der Waals surface area contributed by atoms with Crippen LogP contribution in [0.4, 0.5) is 5.69 Å². The van der Waals surface area contributed by atoms with Crippen molar-refractivity contribution >= 4 is 24.1 Å². The molecule has 24 heavy (non-hydrogen) atoms. The number of hydrogen-bond acceptors (Lipinski definition) is 6. The van der Waals surface area contributed by atoms with Crippen molar-refractivity contribution in [1.82, 2.24) is 9.55 Å². The van der Waals surface area contributed by atoms with Crippen molar-refractivity contribution in [2.24, 2.45) is 4.99 Å². The highest BCUT2D eigenvalue weighted by Crippen LogP contribution is 2.35. The number of aliphatic imine (C=N–C) groups is 1. The van der Waals surface area contributed by atoms with E-state index in [0.717, 1.165) is 6.42 Å². The fourth-order valence-corrected chi connectivity index (χ4v) is 2.72. The van der Waals surface area contributed by atoms with Gasteiger partial charge in [0.05, 0.1) is 5.69 Å². The van der Waals surface area contributed by atoms with E-state index in [1.165, 1.54) is 10.8 Å². The molecule has 0 saturated carbocycles. The highest BCUT2D eigenvalue weighted by atomic mass is 32.1. The van der Waals surface area contributed by atoms with Crippen LogP contribution in [0.1, 0.15) is 31.9 Å². The minimum Gasteiger partial charge on any atom is -0.494 e. The third-order valence-electron chi connectivity index (χ3n) is 3.88. The van der Waals surface area contributed by atoms with Crippen LogP contribution < -0.4 is 15.0 Å². The van der Waals surface area contributed by atoms with Crippen molar-refractivity contribution in [2.45, 2.75) is 26.3 Å². The molecule has 0 bridgehead atoms. The number of aromatic amines is 1. The second-order valence-electron chi connectivity index (χ2n) is 5.42. The highest BCUT2D eigenvalue weighted by molar-refractivity contribution is 7.71. The molecule has 0 radical (unpaired) electrons. The predicted molar refractivity (Wildman–Crippen MR) is 92.4 cm³/mol. The smallest absolute Gasteiger partial charge is 0.264 e. The molecule has 3 rings (SSSR count). The van der Waals surface area contributed by atoms with Crippen LogP contribution in [0, 0.1) is 4.77 Å². The second-order valence-corrected chi connectivity index (χ2v) is 5.81. The zero-order valence-electron chi connectivity index (χ0n) is 13.3. The molecular formula is C16H17N3O4S. The zero-order valence-corrected chi connectivity index (χ0v) is 14.1. The first-order valence-electron chi connectivity index (χ1n) is 7.52. The van der Waals surface area contributed by atoms with E-state index in [1.54, 1.807) is 18.2 Å². The lowest BCUT2D eigenvalue weighted by atomic mass is 10.2. The van der Waals surface area contributed by atoms with Gasteiger partial charge in [-0.25, -0.2) is 0 Å². The first-order valence-corrected chi connectivity index (χ1v) is 7.93. The lowest BCUT2D eigenvalue weighted by Gasteiger charge is -2.16. The Morgan fingerprint density at radius 1 is 1.46 bits per heavy atom. The maximum Gasteiger partial charge on any atom is 0.264 e. The van der Waals surface area contributed by atoms with Gasteiger partial charge in [-0.1, -0.05) is 6.92 Å². The van der Waals surface area contributed by atoms with E-state index in [-0.39, 0.29) is 29.0 Å². The minimum atomic E-state index is -0.485. The topological polar surface area (TPSA) is 88.8 Å². The fourth-order valence-electron chi connectivity index (χ4n) is 2.36. The summed E-state index contributed by atoms with van der Waals surface area (Å²) in [5.41, 5.74) is 0.152. The number of ether oxygens (including phenoxy) is 2. The Balaban J connectivity index is 2.01. The van der Waals surface area contributed by atoms with Crippen molar-refractivity contribution in [3.63, 3.8) is 0 Å². The Kier molecular flexibility index (Phi) is 4.39. The molecule has 2 aromatic rings. The molecule has 7 nitrogen and oxygen atoms in total. The minimum absolute atomic E-state index is 0.0490. The Hall–Kier alpha value is -2.61. The van der Waals surface area contributed by atoms with Gasteiger partial charge >= 0.3 is 0 Å². The van der Waals surface area contributed by atoms with Gasteiger partial charge in [0.15, 0.2) is 16.3 Å². The third-order valence-corrected chi connectivity index (χ3v) is 4.18. The maximum atomic E-state index is 12.1. The van der Waals surface area contributed by atoms with E-state index in [2.05, 4.69) is 9.98 Å². The summed E-state index contributed by atoms with van der Waals surface area (Å²) in [6, 6.07) is 5.13. The molecule has 1 aliphatic heterocycles. The first-order chi connectivity index (χ1) is 11.5. The van der Waals surface area contributed by atoms with Crippen molar-refractivity contribution in [3.05, 3.63) is 38.9 Å². The van der Waals surface area contributed by atoms with Crippen LogP contribution in [0.25, 0.3) is 0 Å². The number of nitrogens with one attached hydrogen (secondary N) is 1. The maximum absolute atomic E-state index is 12.1. The molecule has 0 amide bonds. The van der Waals surface area contributed by atoms with Crippen LogP contribution in [0.3, 0.4) is 0 Å². The van der Waals surface area contributed by atoms with Gasteiger partial charge < -0.3 is 14.6 Å². The Morgan fingerprint density at radius 2 is 2.21 bits per heavy atom. The molecule has 1 aromatic heterocycles. The van der Waals surface area contributed by atoms with Gasteiger partial charge in [0.2, 0.25) is 12.7 Å². The largest absolute Gasteiger partial charge is 0.494 e. The Morgan fingerprint density at radius 3 is 2.96 bits per heavy atom. The average Bonchev–Trinajstić information content (AvgIpc) is 3.01. The van der Waals surface area contributed by atoms with Gasteiger partial charge in [0.1, 0.15) is 5.56 Å². The molecule has 1 aliphatic rings. The van der Waals surface area contributed by atoms with E-state index >= 15 is 0 Å². The summed E-state index contributed by atoms with van der Waals surface area (Å²) in [7, 11) is 0. The molecule has 0 aliphatic carbocycles. The van der Waals surface area contributed by atoms with Crippen molar-refractivity contribution in [2.75, 3.05) is 6.79 Å². The summed E-state index contributed by atoms with van der Waals surface area (Å²) in [4.78, 5) is 18.9. The van der Waals surface area contributed by atoms with Crippen LogP contribution in [0.5, 0.6) is 17.4 Å². The predicted octanol–water partition coefficient (Wildman–Crippen LogP) is 3.06. The van der Waals surface area contributed by atoms with Gasteiger partial charge in [-0.15, -0.1) is 0 Å². The van der Waals surface area contributed by atoms with Gasteiger partial charge in [0.25, 0.3) is 5.56 Å². The second kappa shape index (κ2) is 6.48. The van der Waals surface area contributed by atoms with E-state index < -0.39 is 5.56 Å². The highest BCUT2D eigenvalue weighted by Gasteiger charge is 2.15. The lowest BCUT2D eigenvalue weighted by Crippen LogP contribution is -2.20. The first kappa shape index (κ1) is 16.3. The molecule has 8 heteroatoms. The van der Waals surface area contributed by atoms with Crippen molar-refractivity contribution in [3.8, 4) is 17.4 Å². The lowest BCUT2D eigenvalue weighted by molar-refractivity contribution is 0.174. The van der Waals surface area contributed by atoms with Crippen molar-refractivity contribution < 1.29 is 14.6 Å². The standard InChI is InChI=1S/C16H17N3O4S/c1-3-9(2)19-15(21)11(14(20)18-16(19)24)7-17-10-4-5-12-13(6-10)23-8-22-12/h4-7,9,21H,3,8H2,1-2H3,(H,18,20,24)/t9-/m0/s1. The SMILES string of the molecule is CC[C@H](C)n1c(O)c(C=Nc2ccc3c(c2)OCO3)c(=O)[nH]c1=S. The summed E-state index contributed by atoms with van der Waals surface area (Å²) in [5.74, 6) is 1.06.